The number of fused-ring (bicyclic) bond motifs is 1. The minimum atomic E-state index is -0.503. The zero-order chi connectivity index (χ0) is 19.7. The third kappa shape index (κ3) is 3.58. The number of nitrogens with zero attached hydrogens (tertiary/aromatic N) is 3. The average Bonchev–Trinajstić information content (AvgIpc) is 3.28. The Morgan fingerprint density at radius 3 is 2.89 bits per heavy atom. The molecule has 2 aromatic carbocycles. The highest BCUT2D eigenvalue weighted by Gasteiger charge is 2.21. The molecule has 1 aliphatic heterocycles. The van der Waals surface area contributed by atoms with Crippen molar-refractivity contribution < 1.29 is 18.7 Å². The van der Waals surface area contributed by atoms with Crippen molar-refractivity contribution in [1.82, 2.24) is 14.9 Å². The van der Waals surface area contributed by atoms with Gasteiger partial charge in [-0.3, -0.25) is 4.79 Å². The number of nitrogens with two attached hydrogens (primary N) is 1. The summed E-state index contributed by atoms with van der Waals surface area (Å²) >= 11 is 1.15. The van der Waals surface area contributed by atoms with Gasteiger partial charge in [-0.15, -0.1) is 10.2 Å². The lowest BCUT2D eigenvalue weighted by Crippen LogP contribution is -2.23. The van der Waals surface area contributed by atoms with E-state index in [0.29, 0.717) is 33.7 Å². The van der Waals surface area contributed by atoms with Crippen molar-refractivity contribution in [3.05, 3.63) is 48.3 Å². The number of thioether (sulfide) groups is 1. The summed E-state index contributed by atoms with van der Waals surface area (Å²) in [5, 5.41) is 10.7. The number of rotatable bonds is 5. The minimum Gasteiger partial charge on any atom is -0.454 e. The number of nitrogens with one attached hydrogen (secondary N) is 1. The van der Waals surface area contributed by atoms with E-state index in [0.717, 1.165) is 11.8 Å². The molecule has 3 N–H and O–H groups in total. The molecule has 0 unspecified atom stereocenters. The van der Waals surface area contributed by atoms with Crippen LogP contribution in [0.1, 0.15) is 6.92 Å². The van der Waals surface area contributed by atoms with Crippen molar-refractivity contribution in [2.75, 3.05) is 18.0 Å². The van der Waals surface area contributed by atoms with Crippen LogP contribution in [-0.2, 0) is 4.79 Å². The first-order valence-corrected chi connectivity index (χ1v) is 9.23. The summed E-state index contributed by atoms with van der Waals surface area (Å²) in [6, 6.07) is 11.1. The lowest BCUT2D eigenvalue weighted by Gasteiger charge is -2.12. The van der Waals surface area contributed by atoms with Crippen LogP contribution in [0.2, 0.25) is 0 Å². The molecule has 1 amide bonds. The molecule has 3 aromatic rings. The molecule has 1 aromatic heterocycles. The normalized spacial score (nSPS) is 13.4. The number of carbonyl (C=O) groups excluding carboxylic acids is 1. The van der Waals surface area contributed by atoms with Gasteiger partial charge >= 0.3 is 0 Å². The SMILES string of the molecule is C[C@H](Sc1nnc(-c2cccc(F)c2)n1N)C(=O)Nc1ccc2c(c1)OCO2. The molecule has 0 spiro atoms. The molecule has 0 saturated heterocycles. The fraction of sp³-hybridized carbons (Fsp3) is 0.167. The number of amides is 1. The van der Waals surface area contributed by atoms with E-state index in [2.05, 4.69) is 15.5 Å². The molecular formula is C18H16FN5O3S. The van der Waals surface area contributed by atoms with Crippen LogP contribution in [0.5, 0.6) is 11.5 Å². The quantitative estimate of drug-likeness (QED) is 0.500. The molecule has 0 saturated carbocycles. The molecule has 4 rings (SSSR count). The molecule has 0 fully saturated rings. The number of halogens is 1. The molecule has 10 heteroatoms. The number of hydrogen-bond acceptors (Lipinski definition) is 7. The largest absolute Gasteiger partial charge is 0.454 e. The Bertz CT molecular complexity index is 1040. The second kappa shape index (κ2) is 7.39. The zero-order valence-electron chi connectivity index (χ0n) is 14.8. The highest BCUT2D eigenvalue weighted by Crippen LogP contribution is 2.34. The summed E-state index contributed by atoms with van der Waals surface area (Å²) in [5.41, 5.74) is 1.09. The molecule has 0 radical (unpaired) electrons. The van der Waals surface area contributed by atoms with Gasteiger partial charge in [0.25, 0.3) is 0 Å². The predicted octanol–water partition coefficient (Wildman–Crippen LogP) is 2.65. The van der Waals surface area contributed by atoms with E-state index in [-0.39, 0.29) is 12.7 Å². The minimum absolute atomic E-state index is 0.165. The summed E-state index contributed by atoms with van der Waals surface area (Å²) in [4.78, 5) is 12.5. The Balaban J connectivity index is 1.45. The Hall–Kier alpha value is -3.27. The molecule has 0 bridgehead atoms. The number of anilines is 1. The highest BCUT2D eigenvalue weighted by atomic mass is 32.2. The Kier molecular flexibility index (Phi) is 4.78. The van der Waals surface area contributed by atoms with Gasteiger partial charge < -0.3 is 20.6 Å². The van der Waals surface area contributed by atoms with E-state index < -0.39 is 11.1 Å². The van der Waals surface area contributed by atoms with Gasteiger partial charge in [0.05, 0.1) is 5.25 Å². The van der Waals surface area contributed by atoms with Gasteiger partial charge in [0, 0.05) is 17.3 Å². The van der Waals surface area contributed by atoms with Crippen molar-refractivity contribution in [2.45, 2.75) is 17.3 Å². The maximum atomic E-state index is 13.4. The summed E-state index contributed by atoms with van der Waals surface area (Å²) in [6.07, 6.45) is 0. The van der Waals surface area contributed by atoms with Gasteiger partial charge in [-0.25, -0.2) is 9.07 Å². The van der Waals surface area contributed by atoms with E-state index in [1.807, 2.05) is 0 Å². The summed E-state index contributed by atoms with van der Waals surface area (Å²) < 4.78 is 25.2. The van der Waals surface area contributed by atoms with E-state index in [9.17, 15) is 9.18 Å². The molecular weight excluding hydrogens is 385 g/mol. The second-order valence-corrected chi connectivity index (χ2v) is 7.31. The Morgan fingerprint density at radius 2 is 2.07 bits per heavy atom. The smallest absolute Gasteiger partial charge is 0.237 e. The molecule has 28 heavy (non-hydrogen) atoms. The van der Waals surface area contributed by atoms with Crippen molar-refractivity contribution in [1.29, 1.82) is 0 Å². The first kappa shape index (κ1) is 18.1. The molecule has 0 aliphatic carbocycles. The molecule has 2 heterocycles. The Morgan fingerprint density at radius 1 is 1.25 bits per heavy atom. The van der Waals surface area contributed by atoms with Gasteiger partial charge in [0.15, 0.2) is 17.3 Å². The zero-order valence-corrected chi connectivity index (χ0v) is 15.6. The number of ether oxygens (including phenoxy) is 2. The number of benzene rings is 2. The van der Waals surface area contributed by atoms with Crippen LogP contribution in [0.4, 0.5) is 10.1 Å². The maximum Gasteiger partial charge on any atom is 0.237 e. The summed E-state index contributed by atoms with van der Waals surface area (Å²) in [6.45, 7) is 1.89. The van der Waals surface area contributed by atoms with Crippen LogP contribution in [0.25, 0.3) is 11.4 Å². The van der Waals surface area contributed by atoms with Gasteiger partial charge in [-0.1, -0.05) is 23.9 Å². The van der Waals surface area contributed by atoms with Gasteiger partial charge in [0.1, 0.15) is 5.82 Å². The van der Waals surface area contributed by atoms with Crippen LogP contribution in [0, 0.1) is 5.82 Å². The van der Waals surface area contributed by atoms with Crippen LogP contribution in [0.15, 0.2) is 47.6 Å². The lowest BCUT2D eigenvalue weighted by atomic mass is 10.2. The van der Waals surface area contributed by atoms with Crippen molar-refractivity contribution >= 4 is 23.4 Å². The van der Waals surface area contributed by atoms with E-state index >= 15 is 0 Å². The topological polar surface area (TPSA) is 104 Å². The van der Waals surface area contributed by atoms with Crippen molar-refractivity contribution in [3.8, 4) is 22.9 Å². The van der Waals surface area contributed by atoms with E-state index in [4.69, 9.17) is 15.3 Å². The van der Waals surface area contributed by atoms with Crippen molar-refractivity contribution in [3.63, 3.8) is 0 Å². The van der Waals surface area contributed by atoms with Crippen LogP contribution in [-0.4, -0.2) is 32.8 Å². The van der Waals surface area contributed by atoms with Crippen LogP contribution < -0.4 is 20.6 Å². The predicted molar refractivity (Wildman–Crippen MR) is 102 cm³/mol. The molecule has 8 nitrogen and oxygen atoms in total. The standard InChI is InChI=1S/C18H16FN5O3S/c1-10(17(25)21-13-5-6-14-15(8-13)27-9-26-14)28-18-23-22-16(24(18)20)11-3-2-4-12(19)7-11/h2-8,10H,9,20H2,1H3,(H,21,25)/t10-/m0/s1. The molecule has 1 aliphatic rings. The third-order valence-electron chi connectivity index (χ3n) is 4.04. The number of hydrogen-bond donors (Lipinski definition) is 2. The second-order valence-electron chi connectivity index (χ2n) is 6.00. The third-order valence-corrected chi connectivity index (χ3v) is 5.10. The first-order valence-electron chi connectivity index (χ1n) is 8.35. The van der Waals surface area contributed by atoms with Gasteiger partial charge in [-0.05, 0) is 31.2 Å². The fourth-order valence-electron chi connectivity index (χ4n) is 2.61. The first-order chi connectivity index (χ1) is 13.5. The number of carbonyl (C=O) groups is 1. The molecule has 144 valence electrons. The summed E-state index contributed by atoms with van der Waals surface area (Å²) in [5.74, 6) is 6.93. The monoisotopic (exact) mass is 401 g/mol. The van der Waals surface area contributed by atoms with E-state index in [1.165, 1.54) is 16.8 Å². The molecule has 1 atom stereocenters. The van der Waals surface area contributed by atoms with Crippen LogP contribution in [0.3, 0.4) is 0 Å². The maximum absolute atomic E-state index is 13.4. The summed E-state index contributed by atoms with van der Waals surface area (Å²) in [7, 11) is 0. The Labute approximate surface area is 163 Å². The van der Waals surface area contributed by atoms with Crippen LogP contribution >= 0.6 is 11.8 Å². The van der Waals surface area contributed by atoms with Gasteiger partial charge in [-0.2, -0.15) is 0 Å². The fourth-order valence-corrected chi connectivity index (χ4v) is 3.38. The highest BCUT2D eigenvalue weighted by molar-refractivity contribution is 8.00. The van der Waals surface area contributed by atoms with Crippen molar-refractivity contribution in [2.24, 2.45) is 0 Å². The number of nitrogen functional groups attached to an aromatic ring is 1. The lowest BCUT2D eigenvalue weighted by molar-refractivity contribution is -0.115. The van der Waals surface area contributed by atoms with E-state index in [1.54, 1.807) is 37.3 Å². The number of aromatic nitrogens is 3. The van der Waals surface area contributed by atoms with Gasteiger partial charge in [0.2, 0.25) is 17.9 Å². The average molecular weight is 401 g/mol.